The van der Waals surface area contributed by atoms with Gasteiger partial charge < -0.3 is 10.2 Å². The minimum absolute atomic E-state index is 0.389. The number of carboxylic acid groups (broad SMARTS) is 2. The zero-order valence-corrected chi connectivity index (χ0v) is 13.1. The van der Waals surface area contributed by atoms with Gasteiger partial charge in [0, 0.05) is 11.1 Å². The van der Waals surface area contributed by atoms with Gasteiger partial charge in [-0.15, -0.1) is 0 Å². The van der Waals surface area contributed by atoms with Crippen LogP contribution in [0.25, 0.3) is 6.08 Å². The second kappa shape index (κ2) is 11.1. The van der Waals surface area contributed by atoms with Crippen LogP contribution in [0.3, 0.4) is 0 Å². The summed E-state index contributed by atoms with van der Waals surface area (Å²) in [7, 11) is 0. The molecule has 0 amide bonds. The SMILES string of the molecule is CC=C(C)C(=O)O.CCC(=CC=Cc1ccccc1)C(=O)O. The van der Waals surface area contributed by atoms with Crippen LogP contribution in [0.4, 0.5) is 0 Å². The standard InChI is InChI=1S/C13H14O2.C5H8O2/c1-2-12(13(14)15)10-6-9-11-7-4-3-5-8-11;1-3-4(2)5(6)7/h3-10H,2H2,1H3,(H,14,15);3H,1-2H3,(H,6,7). The number of hydrogen-bond donors (Lipinski definition) is 2. The number of benzene rings is 1. The van der Waals surface area contributed by atoms with Crippen molar-refractivity contribution in [2.24, 2.45) is 0 Å². The highest BCUT2D eigenvalue weighted by atomic mass is 16.4. The van der Waals surface area contributed by atoms with Crippen LogP contribution >= 0.6 is 0 Å². The van der Waals surface area contributed by atoms with E-state index in [1.807, 2.05) is 43.3 Å². The van der Waals surface area contributed by atoms with E-state index in [2.05, 4.69) is 0 Å². The topological polar surface area (TPSA) is 74.6 Å². The van der Waals surface area contributed by atoms with Gasteiger partial charge in [-0.1, -0.05) is 61.6 Å². The molecule has 1 aromatic rings. The maximum absolute atomic E-state index is 10.7. The highest BCUT2D eigenvalue weighted by molar-refractivity contribution is 5.87. The van der Waals surface area contributed by atoms with Gasteiger partial charge in [0.05, 0.1) is 0 Å². The van der Waals surface area contributed by atoms with Crippen molar-refractivity contribution in [2.45, 2.75) is 27.2 Å². The molecule has 0 aliphatic carbocycles. The molecule has 0 aliphatic heterocycles. The zero-order chi connectivity index (χ0) is 17.0. The Kier molecular flexibility index (Phi) is 9.76. The second-order valence-electron chi connectivity index (χ2n) is 4.40. The molecule has 118 valence electrons. The van der Waals surface area contributed by atoms with E-state index in [-0.39, 0.29) is 0 Å². The fourth-order valence-electron chi connectivity index (χ4n) is 1.30. The molecule has 0 saturated carbocycles. The summed E-state index contributed by atoms with van der Waals surface area (Å²) in [6, 6.07) is 9.78. The first kappa shape index (κ1) is 19.4. The smallest absolute Gasteiger partial charge is 0.331 e. The van der Waals surface area contributed by atoms with Crippen molar-refractivity contribution in [3.8, 4) is 0 Å². The number of aliphatic carboxylic acids is 2. The number of hydrogen-bond acceptors (Lipinski definition) is 2. The van der Waals surface area contributed by atoms with E-state index in [4.69, 9.17) is 10.2 Å². The molecule has 0 saturated heterocycles. The molecule has 0 unspecified atom stereocenters. The lowest BCUT2D eigenvalue weighted by molar-refractivity contribution is -0.133. The molecule has 1 rings (SSSR count). The molecule has 0 fully saturated rings. The van der Waals surface area contributed by atoms with Crippen molar-refractivity contribution >= 4 is 18.0 Å². The Hall–Kier alpha value is -2.62. The Bertz CT molecular complexity index is 566. The summed E-state index contributed by atoms with van der Waals surface area (Å²) < 4.78 is 0. The first-order valence-electron chi connectivity index (χ1n) is 6.94. The predicted octanol–water partition coefficient (Wildman–Crippen LogP) is 4.16. The van der Waals surface area contributed by atoms with E-state index in [0.717, 1.165) is 5.56 Å². The molecule has 0 aromatic heterocycles. The molecule has 4 nitrogen and oxygen atoms in total. The summed E-state index contributed by atoms with van der Waals surface area (Å²) in [4.78, 5) is 20.5. The number of allylic oxidation sites excluding steroid dienone is 3. The minimum Gasteiger partial charge on any atom is -0.478 e. The predicted molar refractivity (Wildman–Crippen MR) is 88.6 cm³/mol. The fourth-order valence-corrected chi connectivity index (χ4v) is 1.30. The average molecular weight is 302 g/mol. The Labute approximate surface area is 131 Å². The Morgan fingerprint density at radius 1 is 1.09 bits per heavy atom. The van der Waals surface area contributed by atoms with Crippen molar-refractivity contribution in [2.75, 3.05) is 0 Å². The van der Waals surface area contributed by atoms with E-state index in [1.54, 1.807) is 32.1 Å². The maximum atomic E-state index is 10.7. The van der Waals surface area contributed by atoms with Gasteiger partial charge in [-0.05, 0) is 25.8 Å². The Balaban J connectivity index is 0.000000534. The normalized spacial score (nSPS) is 11.8. The highest BCUT2D eigenvalue weighted by Crippen LogP contribution is 2.04. The molecule has 0 spiro atoms. The molecule has 4 heteroatoms. The molecular weight excluding hydrogens is 280 g/mol. The summed E-state index contributed by atoms with van der Waals surface area (Å²) in [6.07, 6.45) is 7.38. The Morgan fingerprint density at radius 3 is 2.05 bits per heavy atom. The monoisotopic (exact) mass is 302 g/mol. The van der Waals surface area contributed by atoms with E-state index >= 15 is 0 Å². The molecule has 22 heavy (non-hydrogen) atoms. The molecule has 0 heterocycles. The van der Waals surface area contributed by atoms with Gasteiger partial charge in [-0.3, -0.25) is 0 Å². The molecule has 0 aliphatic rings. The summed E-state index contributed by atoms with van der Waals surface area (Å²) in [5.41, 5.74) is 1.87. The Morgan fingerprint density at radius 2 is 1.68 bits per heavy atom. The molecule has 0 radical (unpaired) electrons. The van der Waals surface area contributed by atoms with Gasteiger partial charge in [0.15, 0.2) is 0 Å². The van der Waals surface area contributed by atoms with Crippen LogP contribution < -0.4 is 0 Å². The van der Waals surface area contributed by atoms with Crippen LogP contribution in [0.5, 0.6) is 0 Å². The molecule has 0 atom stereocenters. The van der Waals surface area contributed by atoms with Gasteiger partial charge in [-0.2, -0.15) is 0 Å². The first-order valence-corrected chi connectivity index (χ1v) is 6.94. The molecule has 0 bridgehead atoms. The third kappa shape index (κ3) is 8.53. The lowest BCUT2D eigenvalue weighted by Gasteiger charge is -1.94. The van der Waals surface area contributed by atoms with Crippen LogP contribution in [-0.2, 0) is 9.59 Å². The average Bonchev–Trinajstić information content (AvgIpc) is 2.52. The summed E-state index contributed by atoms with van der Waals surface area (Å²) >= 11 is 0. The maximum Gasteiger partial charge on any atom is 0.331 e. The van der Waals surface area contributed by atoms with E-state index in [0.29, 0.717) is 17.6 Å². The number of carbonyl (C=O) groups is 2. The van der Waals surface area contributed by atoms with Crippen LogP contribution in [0.15, 0.2) is 59.7 Å². The van der Waals surface area contributed by atoms with Gasteiger partial charge in [-0.25, -0.2) is 9.59 Å². The largest absolute Gasteiger partial charge is 0.478 e. The molecule has 1 aromatic carbocycles. The molecule has 2 N–H and O–H groups in total. The second-order valence-corrected chi connectivity index (χ2v) is 4.40. The summed E-state index contributed by atoms with van der Waals surface area (Å²) in [6.45, 7) is 5.09. The first-order chi connectivity index (χ1) is 10.4. The van der Waals surface area contributed by atoms with Crippen LogP contribution in [0.1, 0.15) is 32.8 Å². The van der Waals surface area contributed by atoms with E-state index in [1.165, 1.54) is 0 Å². The van der Waals surface area contributed by atoms with Crippen LogP contribution in [-0.4, -0.2) is 22.2 Å². The van der Waals surface area contributed by atoms with Crippen molar-refractivity contribution in [3.63, 3.8) is 0 Å². The van der Waals surface area contributed by atoms with Crippen molar-refractivity contribution in [1.82, 2.24) is 0 Å². The van der Waals surface area contributed by atoms with Gasteiger partial charge in [0.1, 0.15) is 0 Å². The number of rotatable bonds is 5. The summed E-state index contributed by atoms with van der Waals surface area (Å²) in [5.74, 6) is -1.70. The third-order valence-electron chi connectivity index (χ3n) is 2.81. The minimum atomic E-state index is -0.852. The van der Waals surface area contributed by atoms with E-state index < -0.39 is 11.9 Å². The van der Waals surface area contributed by atoms with Gasteiger partial charge >= 0.3 is 11.9 Å². The van der Waals surface area contributed by atoms with E-state index in [9.17, 15) is 9.59 Å². The van der Waals surface area contributed by atoms with Gasteiger partial charge in [0.25, 0.3) is 0 Å². The fraction of sp³-hybridized carbons (Fsp3) is 0.222. The van der Waals surface area contributed by atoms with Crippen molar-refractivity contribution in [3.05, 3.63) is 65.3 Å². The molecular formula is C18H22O4. The highest BCUT2D eigenvalue weighted by Gasteiger charge is 2.00. The number of carboxylic acids is 2. The third-order valence-corrected chi connectivity index (χ3v) is 2.81. The zero-order valence-electron chi connectivity index (χ0n) is 13.1. The van der Waals surface area contributed by atoms with Crippen LogP contribution in [0.2, 0.25) is 0 Å². The van der Waals surface area contributed by atoms with Crippen molar-refractivity contribution < 1.29 is 19.8 Å². The summed E-state index contributed by atoms with van der Waals surface area (Å²) in [5, 5.41) is 16.9. The lowest BCUT2D eigenvalue weighted by Crippen LogP contribution is -1.97. The van der Waals surface area contributed by atoms with Crippen molar-refractivity contribution in [1.29, 1.82) is 0 Å². The van der Waals surface area contributed by atoms with Crippen LogP contribution in [0, 0.1) is 0 Å². The quantitative estimate of drug-likeness (QED) is 0.632. The van der Waals surface area contributed by atoms with Gasteiger partial charge in [0.2, 0.25) is 0 Å². The lowest BCUT2D eigenvalue weighted by atomic mass is 10.1.